The van der Waals surface area contributed by atoms with Crippen molar-refractivity contribution >= 4 is 50.2 Å². The summed E-state index contributed by atoms with van der Waals surface area (Å²) in [5, 5.41) is 3.28. The van der Waals surface area contributed by atoms with Gasteiger partial charge in [-0.1, -0.05) is 22.0 Å². The van der Waals surface area contributed by atoms with Crippen LogP contribution in [-0.4, -0.2) is 42.6 Å². The Labute approximate surface area is 181 Å². The van der Waals surface area contributed by atoms with Crippen LogP contribution >= 0.6 is 27.3 Å². The summed E-state index contributed by atoms with van der Waals surface area (Å²) >= 11 is 4.64. The van der Waals surface area contributed by atoms with Crippen LogP contribution in [0, 0.1) is 0 Å². The summed E-state index contributed by atoms with van der Waals surface area (Å²) in [6.45, 7) is 4.80. The third kappa shape index (κ3) is 4.79. The minimum Gasteiger partial charge on any atom is -0.462 e. The van der Waals surface area contributed by atoms with Gasteiger partial charge in [0, 0.05) is 21.5 Å². The van der Waals surface area contributed by atoms with Gasteiger partial charge in [0.15, 0.2) is 0 Å². The number of esters is 1. The monoisotopic (exact) mass is 480 g/mol. The van der Waals surface area contributed by atoms with Crippen molar-refractivity contribution in [2.45, 2.75) is 26.8 Å². The van der Waals surface area contributed by atoms with Crippen molar-refractivity contribution in [1.29, 1.82) is 0 Å². The van der Waals surface area contributed by atoms with Gasteiger partial charge in [-0.2, -0.15) is 0 Å². The number of rotatable bonds is 5. The summed E-state index contributed by atoms with van der Waals surface area (Å²) in [7, 11) is 0. The lowest BCUT2D eigenvalue weighted by Crippen LogP contribution is -2.36. The Hall–Kier alpha value is -2.39. The van der Waals surface area contributed by atoms with Crippen LogP contribution in [0.4, 0.5) is 9.80 Å². The first kappa shape index (κ1) is 21.3. The SMILES string of the molecule is CCOC(=O)c1c(NC(=O)c2cccc(Br)c2)sc2c1CCN(C(=O)OCC)C2. The number of anilines is 1. The molecule has 2 heterocycles. The fraction of sp³-hybridized carbons (Fsp3) is 0.350. The predicted octanol–water partition coefficient (Wildman–Crippen LogP) is 4.45. The molecular formula is C20H21BrN2O5S. The number of nitrogens with zero attached hydrogens (tertiary/aromatic N) is 1. The van der Waals surface area contributed by atoms with Crippen LogP contribution in [0.25, 0.3) is 0 Å². The molecule has 0 saturated heterocycles. The van der Waals surface area contributed by atoms with E-state index in [4.69, 9.17) is 9.47 Å². The molecule has 1 aromatic carbocycles. The smallest absolute Gasteiger partial charge is 0.410 e. The molecule has 1 aromatic heterocycles. The second-order valence-corrected chi connectivity index (χ2v) is 8.28. The van der Waals surface area contributed by atoms with Gasteiger partial charge in [-0.15, -0.1) is 11.3 Å². The number of benzene rings is 1. The highest BCUT2D eigenvalue weighted by atomic mass is 79.9. The number of halogens is 1. The molecule has 1 aliphatic rings. The van der Waals surface area contributed by atoms with Crippen LogP contribution in [0.1, 0.15) is 45.0 Å². The molecule has 3 rings (SSSR count). The lowest BCUT2D eigenvalue weighted by molar-refractivity contribution is 0.0526. The molecule has 1 N–H and O–H groups in total. The van der Waals surface area contributed by atoms with Gasteiger partial charge in [0.1, 0.15) is 5.00 Å². The molecule has 0 fully saturated rings. The highest BCUT2D eigenvalue weighted by Crippen LogP contribution is 2.38. The lowest BCUT2D eigenvalue weighted by atomic mass is 10.0. The maximum absolute atomic E-state index is 12.7. The zero-order valence-electron chi connectivity index (χ0n) is 16.1. The van der Waals surface area contributed by atoms with E-state index in [1.54, 1.807) is 36.9 Å². The van der Waals surface area contributed by atoms with Gasteiger partial charge in [0.25, 0.3) is 5.91 Å². The van der Waals surface area contributed by atoms with E-state index in [1.165, 1.54) is 11.3 Å². The Kier molecular flexibility index (Phi) is 6.92. The zero-order valence-corrected chi connectivity index (χ0v) is 18.5. The maximum Gasteiger partial charge on any atom is 0.410 e. The number of amides is 2. The van der Waals surface area contributed by atoms with Crippen molar-refractivity contribution in [3.63, 3.8) is 0 Å². The van der Waals surface area contributed by atoms with E-state index in [2.05, 4.69) is 21.2 Å². The average molecular weight is 481 g/mol. The molecule has 0 unspecified atom stereocenters. The first-order chi connectivity index (χ1) is 13.9. The van der Waals surface area contributed by atoms with E-state index < -0.39 is 5.97 Å². The molecule has 2 amide bonds. The fourth-order valence-electron chi connectivity index (χ4n) is 3.09. The van der Waals surface area contributed by atoms with Gasteiger partial charge >= 0.3 is 12.1 Å². The summed E-state index contributed by atoms with van der Waals surface area (Å²) in [5.41, 5.74) is 1.66. The van der Waals surface area contributed by atoms with Gasteiger partial charge in [0.05, 0.1) is 25.3 Å². The van der Waals surface area contributed by atoms with E-state index in [-0.39, 0.29) is 18.6 Å². The van der Waals surface area contributed by atoms with Crippen molar-refractivity contribution in [3.05, 3.63) is 50.3 Å². The number of hydrogen-bond acceptors (Lipinski definition) is 6. The van der Waals surface area contributed by atoms with Crippen molar-refractivity contribution in [3.8, 4) is 0 Å². The van der Waals surface area contributed by atoms with E-state index >= 15 is 0 Å². The van der Waals surface area contributed by atoms with E-state index in [0.717, 1.165) is 14.9 Å². The zero-order chi connectivity index (χ0) is 21.0. The van der Waals surface area contributed by atoms with Crippen LogP contribution in [0.2, 0.25) is 0 Å². The highest BCUT2D eigenvalue weighted by molar-refractivity contribution is 9.10. The molecule has 0 spiro atoms. The Morgan fingerprint density at radius 3 is 2.66 bits per heavy atom. The quantitative estimate of drug-likeness (QED) is 0.638. The molecule has 1 aliphatic heterocycles. The number of hydrogen-bond donors (Lipinski definition) is 1. The summed E-state index contributed by atoms with van der Waals surface area (Å²) in [5.74, 6) is -0.795. The predicted molar refractivity (Wildman–Crippen MR) is 114 cm³/mol. The van der Waals surface area contributed by atoms with Crippen LogP contribution in [0.15, 0.2) is 28.7 Å². The van der Waals surface area contributed by atoms with E-state index in [1.807, 2.05) is 6.07 Å². The van der Waals surface area contributed by atoms with Crippen LogP contribution in [0.3, 0.4) is 0 Å². The molecule has 2 aromatic rings. The summed E-state index contributed by atoms with van der Waals surface area (Å²) < 4.78 is 11.1. The van der Waals surface area contributed by atoms with Gasteiger partial charge in [0.2, 0.25) is 0 Å². The van der Waals surface area contributed by atoms with Crippen molar-refractivity contribution < 1.29 is 23.9 Å². The first-order valence-electron chi connectivity index (χ1n) is 9.24. The molecule has 0 bridgehead atoms. The number of thiophene rings is 1. The number of nitrogens with one attached hydrogen (secondary N) is 1. The molecule has 7 nitrogen and oxygen atoms in total. The second kappa shape index (κ2) is 9.41. The topological polar surface area (TPSA) is 84.9 Å². The summed E-state index contributed by atoms with van der Waals surface area (Å²) in [6, 6.07) is 6.99. The number of ether oxygens (including phenoxy) is 2. The third-order valence-corrected chi connectivity index (χ3v) is 6.00. The first-order valence-corrected chi connectivity index (χ1v) is 10.9. The number of carbonyl (C=O) groups is 3. The highest BCUT2D eigenvalue weighted by Gasteiger charge is 2.31. The van der Waals surface area contributed by atoms with Crippen molar-refractivity contribution in [2.75, 3.05) is 25.1 Å². The second-order valence-electron chi connectivity index (χ2n) is 6.26. The van der Waals surface area contributed by atoms with Gasteiger partial charge in [-0.25, -0.2) is 9.59 Å². The number of fused-ring (bicyclic) bond motifs is 1. The molecular weight excluding hydrogens is 460 g/mol. The standard InChI is InChI=1S/C20H21BrN2O5S/c1-3-27-19(25)16-14-8-9-23(20(26)28-4-2)11-15(14)29-18(16)22-17(24)12-6-5-7-13(21)10-12/h5-7,10H,3-4,8-9,11H2,1-2H3,(H,22,24). The van der Waals surface area contributed by atoms with E-state index in [0.29, 0.717) is 42.2 Å². The van der Waals surface area contributed by atoms with Crippen molar-refractivity contribution in [1.82, 2.24) is 4.90 Å². The summed E-state index contributed by atoms with van der Waals surface area (Å²) in [4.78, 5) is 39.8. The average Bonchev–Trinajstić information content (AvgIpc) is 3.05. The van der Waals surface area contributed by atoms with Crippen LogP contribution in [-0.2, 0) is 22.4 Å². The molecule has 0 saturated carbocycles. The molecule has 154 valence electrons. The Morgan fingerprint density at radius 1 is 1.21 bits per heavy atom. The summed E-state index contributed by atoms with van der Waals surface area (Å²) in [6.07, 6.45) is 0.106. The van der Waals surface area contributed by atoms with Crippen LogP contribution in [0.5, 0.6) is 0 Å². The van der Waals surface area contributed by atoms with E-state index in [9.17, 15) is 14.4 Å². The Bertz CT molecular complexity index is 943. The molecule has 0 radical (unpaired) electrons. The fourth-order valence-corrected chi connectivity index (χ4v) is 4.73. The molecule has 0 atom stereocenters. The lowest BCUT2D eigenvalue weighted by Gasteiger charge is -2.26. The minimum atomic E-state index is -0.473. The van der Waals surface area contributed by atoms with Gasteiger partial charge < -0.3 is 19.7 Å². The molecule has 0 aliphatic carbocycles. The maximum atomic E-state index is 12.7. The number of carbonyl (C=O) groups excluding carboxylic acids is 3. The molecule has 29 heavy (non-hydrogen) atoms. The Balaban J connectivity index is 1.91. The van der Waals surface area contributed by atoms with Crippen LogP contribution < -0.4 is 5.32 Å². The largest absolute Gasteiger partial charge is 0.462 e. The molecule has 9 heteroatoms. The van der Waals surface area contributed by atoms with Gasteiger partial charge in [-0.3, -0.25) is 4.79 Å². The van der Waals surface area contributed by atoms with Gasteiger partial charge in [-0.05, 0) is 44.0 Å². The van der Waals surface area contributed by atoms with Crippen molar-refractivity contribution in [2.24, 2.45) is 0 Å². The Morgan fingerprint density at radius 2 is 1.97 bits per heavy atom. The normalized spacial score (nSPS) is 12.9. The third-order valence-electron chi connectivity index (χ3n) is 4.38. The minimum absolute atomic E-state index is 0.234.